The highest BCUT2D eigenvalue weighted by atomic mass is 16.5. The van der Waals surface area contributed by atoms with E-state index in [1.54, 1.807) is 6.08 Å². The van der Waals surface area contributed by atoms with Gasteiger partial charge in [0.15, 0.2) is 0 Å². The number of aldehydes is 1. The highest BCUT2D eigenvalue weighted by molar-refractivity contribution is 5.66. The Morgan fingerprint density at radius 3 is 2.75 bits per heavy atom. The predicted molar refractivity (Wildman–Crippen MR) is 45.6 cm³/mol. The van der Waals surface area contributed by atoms with Gasteiger partial charge in [-0.15, -0.1) is 0 Å². The van der Waals surface area contributed by atoms with Crippen molar-refractivity contribution in [3.05, 3.63) is 24.8 Å². The maximum Gasteiger partial charge on any atom is 0.303 e. The predicted octanol–water partition coefficient (Wildman–Crippen LogP) is 1.25. The van der Waals surface area contributed by atoms with E-state index >= 15 is 0 Å². The molecule has 0 rings (SSSR count). The van der Waals surface area contributed by atoms with Crippen LogP contribution in [0.15, 0.2) is 24.8 Å². The van der Waals surface area contributed by atoms with Crippen molar-refractivity contribution >= 4 is 12.3 Å². The van der Waals surface area contributed by atoms with Crippen molar-refractivity contribution in [2.45, 2.75) is 19.4 Å². The van der Waals surface area contributed by atoms with Crippen LogP contribution >= 0.6 is 0 Å². The number of ether oxygens (including phenoxy) is 1. The molecule has 0 fully saturated rings. The molecule has 0 aliphatic rings. The van der Waals surface area contributed by atoms with E-state index in [1.165, 1.54) is 19.1 Å². The lowest BCUT2D eigenvalue weighted by atomic mass is 10.2. The van der Waals surface area contributed by atoms with E-state index in [9.17, 15) is 9.59 Å². The van der Waals surface area contributed by atoms with Gasteiger partial charge in [0.1, 0.15) is 12.4 Å². The summed E-state index contributed by atoms with van der Waals surface area (Å²) < 4.78 is 4.82. The molecule has 1 unspecified atom stereocenters. The molecule has 0 saturated heterocycles. The van der Waals surface area contributed by atoms with Gasteiger partial charge in [0, 0.05) is 13.3 Å². The fourth-order valence-corrected chi connectivity index (χ4v) is 0.674. The fraction of sp³-hybridized carbons (Fsp3) is 0.333. The molecule has 0 aromatic rings. The van der Waals surface area contributed by atoms with Gasteiger partial charge in [-0.2, -0.15) is 0 Å². The van der Waals surface area contributed by atoms with Crippen LogP contribution < -0.4 is 0 Å². The van der Waals surface area contributed by atoms with Crippen LogP contribution in [0.4, 0.5) is 0 Å². The lowest BCUT2D eigenvalue weighted by molar-refractivity contribution is -0.143. The molecule has 0 spiro atoms. The fourth-order valence-electron chi connectivity index (χ4n) is 0.674. The van der Waals surface area contributed by atoms with Gasteiger partial charge in [-0.3, -0.25) is 9.59 Å². The van der Waals surface area contributed by atoms with Gasteiger partial charge in [0.25, 0.3) is 0 Å². The number of hydrogen-bond donors (Lipinski definition) is 0. The molecule has 66 valence electrons. The smallest absolute Gasteiger partial charge is 0.303 e. The number of carbonyl (C=O) groups excluding carboxylic acids is 2. The van der Waals surface area contributed by atoms with Crippen LogP contribution in [0.5, 0.6) is 0 Å². The summed E-state index contributed by atoms with van der Waals surface area (Å²) in [6.07, 6.45) is 5.34. The number of allylic oxidation sites excluding steroid dienone is 1. The third-order valence-electron chi connectivity index (χ3n) is 1.16. The third-order valence-corrected chi connectivity index (χ3v) is 1.16. The molecule has 1 atom stereocenters. The van der Waals surface area contributed by atoms with Gasteiger partial charge in [-0.05, 0) is 6.08 Å². The first kappa shape index (κ1) is 10.6. The molecule has 0 aliphatic heterocycles. The van der Waals surface area contributed by atoms with Crippen molar-refractivity contribution in [1.29, 1.82) is 0 Å². The summed E-state index contributed by atoms with van der Waals surface area (Å²) in [4.78, 5) is 20.4. The van der Waals surface area contributed by atoms with Crippen molar-refractivity contribution in [1.82, 2.24) is 0 Å². The lowest BCUT2D eigenvalue weighted by Gasteiger charge is -2.08. The second-order valence-electron chi connectivity index (χ2n) is 2.18. The van der Waals surface area contributed by atoms with Crippen molar-refractivity contribution in [2.24, 2.45) is 0 Å². The zero-order valence-corrected chi connectivity index (χ0v) is 7.03. The van der Waals surface area contributed by atoms with Crippen LogP contribution in [0.3, 0.4) is 0 Å². The van der Waals surface area contributed by atoms with E-state index in [1.807, 2.05) is 0 Å². The first-order chi connectivity index (χ1) is 5.70. The average Bonchev–Trinajstić information content (AvgIpc) is 2.02. The van der Waals surface area contributed by atoms with E-state index in [2.05, 4.69) is 6.58 Å². The van der Waals surface area contributed by atoms with Gasteiger partial charge in [0.2, 0.25) is 0 Å². The summed E-state index contributed by atoms with van der Waals surface area (Å²) in [5, 5.41) is 0. The Bertz CT molecular complexity index is 194. The highest BCUT2D eigenvalue weighted by Crippen LogP contribution is 2.00. The minimum atomic E-state index is -0.348. The number of hydrogen-bond acceptors (Lipinski definition) is 3. The molecule has 0 amide bonds. The quantitative estimate of drug-likeness (QED) is 0.268. The molecule has 0 bridgehead atoms. The van der Waals surface area contributed by atoms with Crippen LogP contribution in [0.2, 0.25) is 0 Å². The van der Waals surface area contributed by atoms with Crippen LogP contribution in [0.1, 0.15) is 13.3 Å². The van der Waals surface area contributed by atoms with Crippen LogP contribution in [0, 0.1) is 0 Å². The summed E-state index contributed by atoms with van der Waals surface area (Å²) in [5.74, 6) is -0.348. The van der Waals surface area contributed by atoms with Crippen molar-refractivity contribution in [3.8, 4) is 0 Å². The molecule has 3 nitrogen and oxygen atoms in total. The third kappa shape index (κ3) is 5.41. The molecule has 0 radical (unpaired) electrons. The molecule has 0 aliphatic carbocycles. The maximum atomic E-state index is 10.5. The summed E-state index contributed by atoms with van der Waals surface area (Å²) in [6.45, 7) is 4.83. The minimum Gasteiger partial charge on any atom is -0.458 e. The van der Waals surface area contributed by atoms with E-state index in [0.717, 1.165) is 0 Å². The monoisotopic (exact) mass is 168 g/mol. The maximum absolute atomic E-state index is 10.5. The zero-order valence-electron chi connectivity index (χ0n) is 7.03. The molecule has 3 heteroatoms. The van der Waals surface area contributed by atoms with Gasteiger partial charge in [-0.1, -0.05) is 18.7 Å². The Kier molecular flexibility index (Phi) is 5.61. The summed E-state index contributed by atoms with van der Waals surface area (Å²) >= 11 is 0. The van der Waals surface area contributed by atoms with Gasteiger partial charge in [0.05, 0.1) is 0 Å². The summed E-state index contributed by atoms with van der Waals surface area (Å²) in [5.41, 5.74) is 0. The van der Waals surface area contributed by atoms with Crippen molar-refractivity contribution < 1.29 is 14.3 Å². The number of esters is 1. The van der Waals surface area contributed by atoms with Crippen LogP contribution in [0.25, 0.3) is 0 Å². The summed E-state index contributed by atoms with van der Waals surface area (Å²) in [7, 11) is 0. The van der Waals surface area contributed by atoms with Gasteiger partial charge < -0.3 is 4.74 Å². The number of rotatable bonds is 5. The second-order valence-corrected chi connectivity index (χ2v) is 2.18. The zero-order chi connectivity index (χ0) is 9.40. The van der Waals surface area contributed by atoms with Crippen molar-refractivity contribution in [2.75, 3.05) is 0 Å². The molecule has 0 aromatic carbocycles. The Morgan fingerprint density at radius 2 is 2.33 bits per heavy atom. The van der Waals surface area contributed by atoms with Crippen molar-refractivity contribution in [3.63, 3.8) is 0 Å². The standard InChI is InChI=1S/C9H12O3/c1-3-9(12-8(2)11)6-4-5-7-10/h3-5,7,9H,1,6H2,2H3/b5-4-. The second kappa shape index (κ2) is 6.34. The van der Waals surface area contributed by atoms with Gasteiger partial charge >= 0.3 is 5.97 Å². The van der Waals surface area contributed by atoms with E-state index in [4.69, 9.17) is 4.74 Å². The Hall–Kier alpha value is -1.38. The van der Waals surface area contributed by atoms with Crippen LogP contribution in [-0.4, -0.2) is 18.4 Å². The first-order valence-corrected chi connectivity index (χ1v) is 3.60. The largest absolute Gasteiger partial charge is 0.458 e. The Morgan fingerprint density at radius 1 is 1.67 bits per heavy atom. The SMILES string of the molecule is C=CC(C/C=C\C=O)OC(C)=O. The molecular weight excluding hydrogens is 156 g/mol. The summed E-state index contributed by atoms with van der Waals surface area (Å²) in [6, 6.07) is 0. The Labute approximate surface area is 71.7 Å². The van der Waals surface area contributed by atoms with Gasteiger partial charge in [-0.25, -0.2) is 0 Å². The first-order valence-electron chi connectivity index (χ1n) is 3.60. The van der Waals surface area contributed by atoms with E-state index < -0.39 is 0 Å². The normalized spacial score (nSPS) is 12.4. The molecule has 0 aromatic heterocycles. The molecular formula is C9H12O3. The Balaban J connectivity index is 3.82. The highest BCUT2D eigenvalue weighted by Gasteiger charge is 2.03. The minimum absolute atomic E-state index is 0.335. The van der Waals surface area contributed by atoms with Crippen LogP contribution in [-0.2, 0) is 14.3 Å². The number of carbonyl (C=O) groups is 2. The molecule has 0 N–H and O–H groups in total. The lowest BCUT2D eigenvalue weighted by Crippen LogP contribution is -2.12. The topological polar surface area (TPSA) is 43.4 Å². The molecule has 12 heavy (non-hydrogen) atoms. The average molecular weight is 168 g/mol. The molecule has 0 heterocycles. The van der Waals surface area contributed by atoms with E-state index in [-0.39, 0.29) is 12.1 Å². The molecule has 0 saturated carbocycles. The van der Waals surface area contributed by atoms with E-state index in [0.29, 0.717) is 12.7 Å².